The maximum absolute atomic E-state index is 12.9. The zero-order valence-electron chi connectivity index (χ0n) is 11.1. The fourth-order valence-corrected chi connectivity index (χ4v) is 1.63. The Morgan fingerprint density at radius 3 is 2.65 bits per heavy atom. The van der Waals surface area contributed by atoms with E-state index in [-0.39, 0.29) is 31.2 Å². The highest BCUT2D eigenvalue weighted by Gasteiger charge is 2.34. The topological polar surface area (TPSA) is 64.3 Å². The maximum Gasteiger partial charge on any atom is 0.419 e. The van der Waals surface area contributed by atoms with Gasteiger partial charge in [-0.05, 0) is 30.7 Å². The number of carbonyl (C=O) groups excluding carboxylic acids is 1. The van der Waals surface area contributed by atoms with E-state index in [4.69, 9.17) is 10.5 Å². The molecule has 1 aromatic rings. The lowest BCUT2D eigenvalue weighted by Gasteiger charge is -2.15. The second-order valence-electron chi connectivity index (χ2n) is 4.14. The fraction of sp³-hybridized carbons (Fsp3) is 0.462. The van der Waals surface area contributed by atoms with Crippen LogP contribution in [-0.2, 0) is 17.4 Å². The average Bonchev–Trinajstić information content (AvgIpc) is 2.39. The molecule has 0 aromatic heterocycles. The van der Waals surface area contributed by atoms with Gasteiger partial charge in [-0.1, -0.05) is 6.07 Å². The van der Waals surface area contributed by atoms with Crippen LogP contribution in [0.15, 0.2) is 18.2 Å². The molecule has 0 bridgehead atoms. The summed E-state index contributed by atoms with van der Waals surface area (Å²) in [5.41, 5.74) is 4.98. The molecule has 0 atom stereocenters. The normalized spacial score (nSPS) is 11.2. The van der Waals surface area contributed by atoms with Crippen LogP contribution >= 0.6 is 0 Å². The van der Waals surface area contributed by atoms with Gasteiger partial charge in [0.05, 0.1) is 18.6 Å². The number of hydrogen-bond donors (Lipinski definition) is 2. The number of ether oxygens (including phenoxy) is 1. The van der Waals surface area contributed by atoms with Gasteiger partial charge in [0.15, 0.2) is 0 Å². The predicted octanol–water partition coefficient (Wildman–Crippen LogP) is 1.72. The Balaban J connectivity index is 2.86. The Labute approximate surface area is 115 Å². The number of carbonyl (C=O) groups is 1. The SMILES string of the molecule is CNC(=O)CCOc1ccc(CCN)cc1C(F)(F)F. The van der Waals surface area contributed by atoms with Crippen molar-refractivity contribution < 1.29 is 22.7 Å². The van der Waals surface area contributed by atoms with Gasteiger partial charge in [0.1, 0.15) is 5.75 Å². The number of hydrogen-bond acceptors (Lipinski definition) is 3. The van der Waals surface area contributed by atoms with Crippen LogP contribution in [0.1, 0.15) is 17.5 Å². The van der Waals surface area contributed by atoms with Crippen LogP contribution in [0.3, 0.4) is 0 Å². The third kappa shape index (κ3) is 4.73. The summed E-state index contributed by atoms with van der Waals surface area (Å²) in [7, 11) is 1.45. The summed E-state index contributed by atoms with van der Waals surface area (Å²) in [6, 6.07) is 3.83. The van der Waals surface area contributed by atoms with Gasteiger partial charge >= 0.3 is 6.18 Å². The Kier molecular flexibility index (Phi) is 5.82. The van der Waals surface area contributed by atoms with E-state index >= 15 is 0 Å². The summed E-state index contributed by atoms with van der Waals surface area (Å²) >= 11 is 0. The standard InChI is InChI=1S/C13H17F3N2O2/c1-18-12(19)5-7-20-11-3-2-9(4-6-17)8-10(11)13(14,15)16/h2-3,8H,4-7,17H2,1H3,(H,18,19). The van der Waals surface area contributed by atoms with Gasteiger partial charge < -0.3 is 15.8 Å². The van der Waals surface area contributed by atoms with Crippen LogP contribution in [0, 0.1) is 0 Å². The molecule has 0 saturated carbocycles. The lowest BCUT2D eigenvalue weighted by molar-refractivity contribution is -0.139. The first-order valence-electron chi connectivity index (χ1n) is 6.12. The van der Waals surface area contributed by atoms with Crippen LogP contribution in [0.25, 0.3) is 0 Å². The number of nitrogens with two attached hydrogens (primary N) is 1. The zero-order valence-corrected chi connectivity index (χ0v) is 11.1. The molecule has 0 aliphatic heterocycles. The summed E-state index contributed by atoms with van der Waals surface area (Å²) in [5, 5.41) is 2.37. The van der Waals surface area contributed by atoms with Crippen molar-refractivity contribution in [3.63, 3.8) is 0 Å². The van der Waals surface area contributed by atoms with E-state index in [0.717, 1.165) is 6.07 Å². The highest BCUT2D eigenvalue weighted by Crippen LogP contribution is 2.36. The smallest absolute Gasteiger partial charge is 0.419 e. The predicted molar refractivity (Wildman–Crippen MR) is 68.4 cm³/mol. The molecule has 112 valence electrons. The summed E-state index contributed by atoms with van der Waals surface area (Å²) in [5.74, 6) is -0.569. The fourth-order valence-electron chi connectivity index (χ4n) is 1.63. The van der Waals surface area contributed by atoms with Crippen molar-refractivity contribution in [1.29, 1.82) is 0 Å². The second kappa shape index (κ2) is 7.14. The Hall–Kier alpha value is -1.76. The van der Waals surface area contributed by atoms with Gasteiger partial charge in [-0.2, -0.15) is 13.2 Å². The Morgan fingerprint density at radius 1 is 1.40 bits per heavy atom. The second-order valence-corrected chi connectivity index (χ2v) is 4.14. The number of rotatable bonds is 6. The highest BCUT2D eigenvalue weighted by atomic mass is 19.4. The van der Waals surface area contributed by atoms with Crippen molar-refractivity contribution in [3.05, 3.63) is 29.3 Å². The third-order valence-corrected chi connectivity index (χ3v) is 2.65. The van der Waals surface area contributed by atoms with Gasteiger partial charge in [-0.25, -0.2) is 0 Å². The van der Waals surface area contributed by atoms with Crippen LogP contribution < -0.4 is 15.8 Å². The third-order valence-electron chi connectivity index (χ3n) is 2.65. The summed E-state index contributed by atoms with van der Waals surface area (Å²) < 4.78 is 43.8. The van der Waals surface area contributed by atoms with E-state index in [0.29, 0.717) is 12.0 Å². The van der Waals surface area contributed by atoms with Crippen LogP contribution in [-0.4, -0.2) is 26.1 Å². The molecule has 0 saturated heterocycles. The number of alkyl halides is 3. The van der Waals surface area contributed by atoms with Crippen molar-refractivity contribution in [1.82, 2.24) is 5.32 Å². The molecule has 1 rings (SSSR count). The lowest BCUT2D eigenvalue weighted by atomic mass is 10.1. The molecular formula is C13H17F3N2O2. The molecule has 4 nitrogen and oxygen atoms in total. The number of halogens is 3. The van der Waals surface area contributed by atoms with Gasteiger partial charge in [-0.3, -0.25) is 4.79 Å². The minimum Gasteiger partial charge on any atom is -0.492 e. The largest absolute Gasteiger partial charge is 0.492 e. The van der Waals surface area contributed by atoms with Gasteiger partial charge in [-0.15, -0.1) is 0 Å². The van der Waals surface area contributed by atoms with Crippen LogP contribution in [0.5, 0.6) is 5.75 Å². The minimum atomic E-state index is -4.51. The molecule has 0 radical (unpaired) electrons. The van der Waals surface area contributed by atoms with Gasteiger partial charge in [0.2, 0.25) is 5.91 Å². The van der Waals surface area contributed by atoms with E-state index in [2.05, 4.69) is 5.32 Å². The summed E-state index contributed by atoms with van der Waals surface area (Å²) in [6.07, 6.45) is -4.15. The molecule has 3 N–H and O–H groups in total. The molecule has 0 aliphatic carbocycles. The molecule has 1 aromatic carbocycles. The van der Waals surface area contributed by atoms with Crippen molar-refractivity contribution in [2.75, 3.05) is 20.2 Å². The Bertz CT molecular complexity index is 461. The lowest BCUT2D eigenvalue weighted by Crippen LogP contribution is -2.20. The van der Waals surface area contributed by atoms with Crippen molar-refractivity contribution in [2.24, 2.45) is 5.73 Å². The van der Waals surface area contributed by atoms with E-state index in [1.807, 2.05) is 0 Å². The summed E-state index contributed by atoms with van der Waals surface area (Å²) in [4.78, 5) is 11.0. The molecule has 1 amide bonds. The number of amides is 1. The Morgan fingerprint density at radius 2 is 2.10 bits per heavy atom. The molecule has 0 unspecified atom stereocenters. The van der Waals surface area contributed by atoms with Gasteiger partial charge in [0, 0.05) is 7.05 Å². The van der Waals surface area contributed by atoms with Crippen molar-refractivity contribution >= 4 is 5.91 Å². The van der Waals surface area contributed by atoms with E-state index < -0.39 is 11.7 Å². The molecular weight excluding hydrogens is 273 g/mol. The van der Waals surface area contributed by atoms with E-state index in [9.17, 15) is 18.0 Å². The van der Waals surface area contributed by atoms with Crippen molar-refractivity contribution in [3.8, 4) is 5.75 Å². The minimum absolute atomic E-state index is 0.00164. The molecule has 0 aliphatic rings. The average molecular weight is 290 g/mol. The van der Waals surface area contributed by atoms with Crippen molar-refractivity contribution in [2.45, 2.75) is 19.0 Å². The molecule has 0 fully saturated rings. The monoisotopic (exact) mass is 290 g/mol. The first kappa shape index (κ1) is 16.3. The summed E-state index contributed by atoms with van der Waals surface area (Å²) in [6.45, 7) is 0.160. The highest BCUT2D eigenvalue weighted by molar-refractivity contribution is 5.75. The molecule has 0 heterocycles. The molecule has 0 spiro atoms. The van der Waals surface area contributed by atoms with Crippen LogP contribution in [0.2, 0.25) is 0 Å². The first-order chi connectivity index (χ1) is 9.38. The van der Waals surface area contributed by atoms with E-state index in [1.54, 1.807) is 0 Å². The first-order valence-corrected chi connectivity index (χ1v) is 6.12. The maximum atomic E-state index is 12.9. The number of benzene rings is 1. The molecule has 20 heavy (non-hydrogen) atoms. The number of nitrogens with one attached hydrogen (secondary N) is 1. The van der Waals surface area contributed by atoms with Crippen LogP contribution in [0.4, 0.5) is 13.2 Å². The van der Waals surface area contributed by atoms with E-state index in [1.165, 1.54) is 19.2 Å². The quantitative estimate of drug-likeness (QED) is 0.838. The zero-order chi connectivity index (χ0) is 15.2. The molecule has 7 heteroatoms. The van der Waals surface area contributed by atoms with Gasteiger partial charge in [0.25, 0.3) is 0 Å².